The van der Waals surface area contributed by atoms with Crippen molar-refractivity contribution >= 4 is 16.9 Å². The molecular formula is C20H19NO3. The average Bonchev–Trinajstić information content (AvgIpc) is 3.28. The summed E-state index contributed by atoms with van der Waals surface area (Å²) in [5.41, 5.74) is 1.80. The van der Waals surface area contributed by atoms with E-state index >= 15 is 0 Å². The van der Waals surface area contributed by atoms with E-state index < -0.39 is 0 Å². The number of amides is 1. The highest BCUT2D eigenvalue weighted by atomic mass is 16.5. The van der Waals surface area contributed by atoms with Crippen LogP contribution in [0.1, 0.15) is 35.0 Å². The highest BCUT2D eigenvalue weighted by molar-refractivity contribution is 5.97. The lowest BCUT2D eigenvalue weighted by molar-refractivity contribution is 0.0705. The van der Waals surface area contributed by atoms with Crippen molar-refractivity contribution in [3.63, 3.8) is 0 Å². The minimum absolute atomic E-state index is 0.0559. The summed E-state index contributed by atoms with van der Waals surface area (Å²) in [5.74, 6) is 0.963. The fourth-order valence-corrected chi connectivity index (χ4v) is 3.48. The van der Waals surface area contributed by atoms with Gasteiger partial charge in [0.1, 0.15) is 0 Å². The topological polar surface area (TPSA) is 42.7 Å². The van der Waals surface area contributed by atoms with Gasteiger partial charge in [0.15, 0.2) is 17.1 Å². The van der Waals surface area contributed by atoms with Crippen molar-refractivity contribution in [1.29, 1.82) is 0 Å². The highest BCUT2D eigenvalue weighted by Crippen LogP contribution is 2.35. The fraction of sp³-hybridized carbons (Fsp3) is 0.250. The number of furan rings is 1. The van der Waals surface area contributed by atoms with Gasteiger partial charge >= 0.3 is 0 Å². The van der Waals surface area contributed by atoms with Gasteiger partial charge in [0.25, 0.3) is 5.91 Å². The summed E-state index contributed by atoms with van der Waals surface area (Å²) in [4.78, 5) is 14.9. The normalized spacial score (nSPS) is 17.4. The van der Waals surface area contributed by atoms with Crippen LogP contribution in [0.5, 0.6) is 5.75 Å². The monoisotopic (exact) mass is 321 g/mol. The van der Waals surface area contributed by atoms with E-state index in [-0.39, 0.29) is 11.9 Å². The van der Waals surface area contributed by atoms with Crippen LogP contribution in [-0.2, 0) is 0 Å². The summed E-state index contributed by atoms with van der Waals surface area (Å²) in [7, 11) is 1.60. The second-order valence-corrected chi connectivity index (χ2v) is 6.06. The fourth-order valence-electron chi connectivity index (χ4n) is 3.48. The van der Waals surface area contributed by atoms with E-state index in [4.69, 9.17) is 9.15 Å². The Kier molecular flexibility index (Phi) is 3.73. The molecule has 4 nitrogen and oxygen atoms in total. The van der Waals surface area contributed by atoms with Crippen LogP contribution in [0.2, 0.25) is 0 Å². The summed E-state index contributed by atoms with van der Waals surface area (Å²) in [6.07, 6.45) is 1.99. The Morgan fingerprint density at radius 2 is 2.00 bits per heavy atom. The first-order chi connectivity index (χ1) is 11.8. The van der Waals surface area contributed by atoms with Crippen molar-refractivity contribution in [2.24, 2.45) is 0 Å². The molecule has 2 heterocycles. The van der Waals surface area contributed by atoms with Crippen molar-refractivity contribution in [1.82, 2.24) is 4.90 Å². The van der Waals surface area contributed by atoms with Crippen molar-refractivity contribution < 1.29 is 13.9 Å². The van der Waals surface area contributed by atoms with Crippen LogP contribution in [0.25, 0.3) is 11.0 Å². The van der Waals surface area contributed by atoms with E-state index in [9.17, 15) is 4.79 Å². The van der Waals surface area contributed by atoms with Gasteiger partial charge in [-0.15, -0.1) is 0 Å². The van der Waals surface area contributed by atoms with Crippen LogP contribution < -0.4 is 4.74 Å². The molecule has 0 bridgehead atoms. The number of hydrogen-bond donors (Lipinski definition) is 0. The maximum Gasteiger partial charge on any atom is 0.290 e. The largest absolute Gasteiger partial charge is 0.493 e. The van der Waals surface area contributed by atoms with Gasteiger partial charge in [-0.05, 0) is 30.5 Å². The first-order valence-corrected chi connectivity index (χ1v) is 8.20. The average molecular weight is 321 g/mol. The lowest BCUT2D eigenvalue weighted by Gasteiger charge is -2.24. The van der Waals surface area contributed by atoms with Gasteiger partial charge in [0.05, 0.1) is 13.2 Å². The Hall–Kier alpha value is -2.75. The molecule has 1 aliphatic rings. The minimum Gasteiger partial charge on any atom is -0.493 e. The van der Waals surface area contributed by atoms with Gasteiger partial charge in [-0.25, -0.2) is 0 Å². The first-order valence-electron chi connectivity index (χ1n) is 8.20. The zero-order chi connectivity index (χ0) is 16.5. The molecule has 122 valence electrons. The van der Waals surface area contributed by atoms with E-state index in [1.807, 2.05) is 41.3 Å². The zero-order valence-corrected chi connectivity index (χ0v) is 13.6. The summed E-state index contributed by atoms with van der Waals surface area (Å²) in [6.45, 7) is 0.757. The molecule has 0 radical (unpaired) electrons. The third kappa shape index (κ3) is 2.44. The van der Waals surface area contributed by atoms with Crippen molar-refractivity contribution in [3.05, 3.63) is 65.9 Å². The molecule has 1 atom stereocenters. The van der Waals surface area contributed by atoms with Crippen molar-refractivity contribution in [2.75, 3.05) is 13.7 Å². The number of rotatable bonds is 3. The van der Waals surface area contributed by atoms with E-state index in [1.54, 1.807) is 13.2 Å². The molecule has 2 aromatic carbocycles. The summed E-state index contributed by atoms with van der Waals surface area (Å²) in [5, 5.41) is 0.883. The summed E-state index contributed by atoms with van der Waals surface area (Å²) < 4.78 is 11.2. The lowest BCUT2D eigenvalue weighted by atomic mass is 10.0. The van der Waals surface area contributed by atoms with Gasteiger partial charge in [0.2, 0.25) is 0 Å². The Balaban J connectivity index is 1.68. The number of carbonyl (C=O) groups excluding carboxylic acids is 1. The van der Waals surface area contributed by atoms with E-state index in [0.29, 0.717) is 17.1 Å². The van der Waals surface area contributed by atoms with Crippen LogP contribution in [0, 0.1) is 0 Å². The highest BCUT2D eigenvalue weighted by Gasteiger charge is 2.32. The maximum atomic E-state index is 13.0. The molecular weight excluding hydrogens is 302 g/mol. The third-order valence-electron chi connectivity index (χ3n) is 4.64. The molecule has 0 N–H and O–H groups in total. The maximum absolute atomic E-state index is 13.0. The number of hydrogen-bond acceptors (Lipinski definition) is 3. The van der Waals surface area contributed by atoms with E-state index in [2.05, 4.69) is 12.1 Å². The number of carbonyl (C=O) groups is 1. The Bertz CT molecular complexity index is 869. The number of para-hydroxylation sites is 1. The molecule has 1 aromatic heterocycles. The van der Waals surface area contributed by atoms with Crippen LogP contribution in [0.4, 0.5) is 0 Å². The molecule has 1 fully saturated rings. The lowest BCUT2D eigenvalue weighted by Crippen LogP contribution is -2.30. The van der Waals surface area contributed by atoms with E-state index in [1.165, 1.54) is 5.56 Å². The number of ether oxygens (including phenoxy) is 1. The molecule has 0 spiro atoms. The number of fused-ring (bicyclic) bond motifs is 1. The third-order valence-corrected chi connectivity index (χ3v) is 4.64. The predicted octanol–water partition coefficient (Wildman–Crippen LogP) is 4.42. The molecule has 4 rings (SSSR count). The van der Waals surface area contributed by atoms with Crippen LogP contribution >= 0.6 is 0 Å². The molecule has 1 aliphatic heterocycles. The van der Waals surface area contributed by atoms with Gasteiger partial charge in [-0.3, -0.25) is 4.79 Å². The second kappa shape index (κ2) is 6.04. The Morgan fingerprint density at radius 1 is 1.17 bits per heavy atom. The molecule has 0 saturated carbocycles. The standard InChI is InChI=1S/C20H19NO3/c1-23-17-11-5-9-15-13-18(24-19(15)17)20(22)21-12-6-10-16(21)14-7-3-2-4-8-14/h2-5,7-9,11,13,16H,6,10,12H2,1H3. The molecule has 1 amide bonds. The Morgan fingerprint density at radius 3 is 2.79 bits per heavy atom. The molecule has 0 aliphatic carbocycles. The first kappa shape index (κ1) is 14.8. The quantitative estimate of drug-likeness (QED) is 0.717. The minimum atomic E-state index is -0.0559. The second-order valence-electron chi connectivity index (χ2n) is 6.06. The van der Waals surface area contributed by atoms with Gasteiger partial charge < -0.3 is 14.1 Å². The number of methoxy groups -OCH3 is 1. The van der Waals surface area contributed by atoms with Crippen molar-refractivity contribution in [3.8, 4) is 5.75 Å². The van der Waals surface area contributed by atoms with Gasteiger partial charge in [-0.1, -0.05) is 42.5 Å². The van der Waals surface area contributed by atoms with Gasteiger partial charge in [0, 0.05) is 11.9 Å². The predicted molar refractivity (Wildman–Crippen MR) is 92.2 cm³/mol. The zero-order valence-electron chi connectivity index (χ0n) is 13.6. The Labute approximate surface area is 140 Å². The van der Waals surface area contributed by atoms with Gasteiger partial charge in [-0.2, -0.15) is 0 Å². The number of nitrogens with zero attached hydrogens (tertiary/aromatic N) is 1. The molecule has 4 heteroatoms. The van der Waals surface area contributed by atoms with Crippen LogP contribution in [0.15, 0.2) is 59.0 Å². The summed E-state index contributed by atoms with van der Waals surface area (Å²) in [6, 6.07) is 17.8. The SMILES string of the molecule is COc1cccc2cc(C(=O)N3CCCC3c3ccccc3)oc12. The molecule has 3 aromatic rings. The molecule has 24 heavy (non-hydrogen) atoms. The van der Waals surface area contributed by atoms with E-state index in [0.717, 1.165) is 24.8 Å². The molecule has 1 unspecified atom stereocenters. The number of likely N-dealkylation sites (tertiary alicyclic amines) is 1. The molecule has 1 saturated heterocycles. The number of benzene rings is 2. The smallest absolute Gasteiger partial charge is 0.290 e. The van der Waals surface area contributed by atoms with Crippen LogP contribution in [0.3, 0.4) is 0 Å². The van der Waals surface area contributed by atoms with Crippen molar-refractivity contribution in [2.45, 2.75) is 18.9 Å². The van der Waals surface area contributed by atoms with Crippen LogP contribution in [-0.4, -0.2) is 24.5 Å². The summed E-state index contributed by atoms with van der Waals surface area (Å²) >= 11 is 0.